The summed E-state index contributed by atoms with van der Waals surface area (Å²) in [6, 6.07) is 12.0. The van der Waals surface area contributed by atoms with Crippen LogP contribution >= 0.6 is 0 Å². The molecule has 0 bridgehead atoms. The molecule has 1 saturated carbocycles. The average Bonchev–Trinajstić information content (AvgIpc) is 3.50. The van der Waals surface area contributed by atoms with Crippen LogP contribution in [0.3, 0.4) is 0 Å². The maximum Gasteiger partial charge on any atom is 0.417 e. The Morgan fingerprint density at radius 3 is 2.88 bits per heavy atom. The zero-order valence-electron chi connectivity index (χ0n) is 24.2. The lowest BCUT2D eigenvalue weighted by Gasteiger charge is -2.38. The Hall–Kier alpha value is -2.53. The standard InChI is InChI=1S/C32H41F3N4O3/c1-41-29-20-42-13-10-28(29)37-26-15-25-19-38(11-5-8-22-6-3-2-4-7-22)21-31(25,16-26)30(40)39-12-9-27-23(18-39)14-24(17-36-27)32(33,34)35/h2-4,6-7,14,17,25-26,28-29,37H,5,8-13,15-16,18-21H2,1H3/t25-,26+,28-,29+,31-/m0/s1. The Morgan fingerprint density at radius 2 is 2.10 bits per heavy atom. The molecule has 1 amide bonds. The van der Waals surface area contributed by atoms with Crippen LogP contribution in [0.25, 0.3) is 0 Å². The number of ether oxygens (including phenoxy) is 2. The van der Waals surface area contributed by atoms with Crippen molar-refractivity contribution in [2.45, 2.75) is 69.4 Å². The molecule has 4 heterocycles. The monoisotopic (exact) mass is 586 g/mol. The molecule has 5 atom stereocenters. The van der Waals surface area contributed by atoms with Gasteiger partial charge in [-0.25, -0.2) is 0 Å². The van der Waals surface area contributed by atoms with Gasteiger partial charge in [0.2, 0.25) is 5.91 Å². The minimum atomic E-state index is -4.46. The van der Waals surface area contributed by atoms with E-state index in [0.717, 1.165) is 51.4 Å². The van der Waals surface area contributed by atoms with E-state index >= 15 is 0 Å². The van der Waals surface area contributed by atoms with E-state index in [1.807, 2.05) is 6.07 Å². The van der Waals surface area contributed by atoms with Crippen molar-refractivity contribution in [1.29, 1.82) is 0 Å². The molecule has 2 saturated heterocycles. The van der Waals surface area contributed by atoms with Crippen LogP contribution in [0.2, 0.25) is 0 Å². The summed E-state index contributed by atoms with van der Waals surface area (Å²) < 4.78 is 51.6. The minimum Gasteiger partial charge on any atom is -0.379 e. The molecule has 42 heavy (non-hydrogen) atoms. The molecule has 6 rings (SSSR count). The minimum absolute atomic E-state index is 0.0192. The lowest BCUT2D eigenvalue weighted by molar-refractivity contribution is -0.144. The Labute approximate surface area is 245 Å². The first-order chi connectivity index (χ1) is 20.2. The van der Waals surface area contributed by atoms with Gasteiger partial charge in [-0.2, -0.15) is 13.2 Å². The van der Waals surface area contributed by atoms with Crippen molar-refractivity contribution in [3.05, 3.63) is 65.0 Å². The van der Waals surface area contributed by atoms with Crippen molar-refractivity contribution in [3.8, 4) is 0 Å². The number of methoxy groups -OCH3 is 1. The maximum atomic E-state index is 14.5. The highest BCUT2D eigenvalue weighted by Crippen LogP contribution is 2.51. The van der Waals surface area contributed by atoms with Crippen LogP contribution in [0.5, 0.6) is 0 Å². The second-order valence-corrected chi connectivity index (χ2v) is 12.5. The van der Waals surface area contributed by atoms with Crippen molar-refractivity contribution in [2.24, 2.45) is 11.3 Å². The second-order valence-electron chi connectivity index (χ2n) is 12.5. The highest BCUT2D eigenvalue weighted by atomic mass is 19.4. The molecule has 10 heteroatoms. The Kier molecular flexibility index (Phi) is 8.60. The fourth-order valence-corrected chi connectivity index (χ4v) is 7.76. The van der Waals surface area contributed by atoms with Gasteiger partial charge >= 0.3 is 6.18 Å². The summed E-state index contributed by atoms with van der Waals surface area (Å²) in [5, 5.41) is 3.82. The van der Waals surface area contributed by atoms with E-state index in [-0.39, 0.29) is 36.6 Å². The van der Waals surface area contributed by atoms with Gasteiger partial charge in [0.25, 0.3) is 0 Å². The molecule has 4 aliphatic rings. The van der Waals surface area contributed by atoms with Gasteiger partial charge in [-0.15, -0.1) is 0 Å². The number of nitrogens with one attached hydrogen (secondary N) is 1. The normalized spacial score (nSPS) is 29.9. The van der Waals surface area contributed by atoms with Gasteiger partial charge in [0, 0.05) is 70.3 Å². The van der Waals surface area contributed by atoms with Gasteiger partial charge in [-0.05, 0) is 61.8 Å². The number of alkyl halides is 3. The molecule has 2 aromatic rings. The topological polar surface area (TPSA) is 66.9 Å². The second kappa shape index (κ2) is 12.2. The van der Waals surface area contributed by atoms with Crippen molar-refractivity contribution in [3.63, 3.8) is 0 Å². The summed E-state index contributed by atoms with van der Waals surface area (Å²) in [4.78, 5) is 22.8. The maximum absolute atomic E-state index is 14.5. The number of aromatic nitrogens is 1. The first kappa shape index (κ1) is 29.5. The van der Waals surface area contributed by atoms with Gasteiger partial charge < -0.3 is 24.6 Å². The van der Waals surface area contributed by atoms with Crippen LogP contribution in [-0.2, 0) is 39.8 Å². The number of benzene rings is 1. The summed E-state index contributed by atoms with van der Waals surface area (Å²) in [5.41, 5.74) is 1.17. The van der Waals surface area contributed by atoms with E-state index in [4.69, 9.17) is 9.47 Å². The van der Waals surface area contributed by atoms with Crippen LogP contribution in [-0.4, -0.2) is 85.4 Å². The molecule has 0 unspecified atom stereocenters. The number of aryl methyl sites for hydroxylation is 1. The van der Waals surface area contributed by atoms with Crippen LogP contribution in [0, 0.1) is 11.3 Å². The van der Waals surface area contributed by atoms with Gasteiger partial charge in [-0.3, -0.25) is 9.78 Å². The molecular weight excluding hydrogens is 545 g/mol. The number of likely N-dealkylation sites (tertiary alicyclic amines) is 1. The van der Waals surface area contributed by atoms with Crippen LogP contribution in [0.1, 0.15) is 48.1 Å². The molecule has 0 radical (unpaired) electrons. The van der Waals surface area contributed by atoms with Gasteiger partial charge in [0.15, 0.2) is 0 Å². The van der Waals surface area contributed by atoms with E-state index < -0.39 is 17.2 Å². The van der Waals surface area contributed by atoms with Gasteiger partial charge in [0.05, 0.1) is 23.7 Å². The molecule has 1 aliphatic carbocycles. The first-order valence-electron chi connectivity index (χ1n) is 15.2. The smallest absolute Gasteiger partial charge is 0.379 e. The number of fused-ring (bicyclic) bond motifs is 2. The molecule has 1 N–H and O–H groups in total. The Bertz CT molecular complexity index is 1250. The summed E-state index contributed by atoms with van der Waals surface area (Å²) in [6.45, 7) is 4.39. The van der Waals surface area contributed by atoms with Gasteiger partial charge in [-0.1, -0.05) is 30.3 Å². The predicted octanol–water partition coefficient (Wildman–Crippen LogP) is 4.09. The van der Waals surface area contributed by atoms with Crippen LogP contribution in [0.4, 0.5) is 13.2 Å². The highest BCUT2D eigenvalue weighted by molar-refractivity contribution is 5.84. The number of carbonyl (C=O) groups excluding carboxylic acids is 1. The van der Waals surface area contributed by atoms with E-state index in [9.17, 15) is 18.0 Å². The SMILES string of the molecule is CO[C@@H]1COCC[C@@H]1N[C@@H]1C[C@H]2CN(CCCc3ccccc3)C[C@@]2(C(=O)N2CCc3ncc(C(F)(F)F)cc3C2)C1. The van der Waals surface area contributed by atoms with Crippen molar-refractivity contribution >= 4 is 5.91 Å². The third kappa shape index (κ3) is 6.09. The van der Waals surface area contributed by atoms with Crippen molar-refractivity contribution in [1.82, 2.24) is 20.1 Å². The molecule has 0 spiro atoms. The van der Waals surface area contributed by atoms with Crippen molar-refractivity contribution in [2.75, 3.05) is 46.5 Å². The predicted molar refractivity (Wildman–Crippen MR) is 152 cm³/mol. The van der Waals surface area contributed by atoms with Crippen molar-refractivity contribution < 1.29 is 27.4 Å². The molecule has 228 valence electrons. The average molecular weight is 587 g/mol. The zero-order chi connectivity index (χ0) is 29.3. The number of hydrogen-bond acceptors (Lipinski definition) is 6. The molecule has 1 aromatic heterocycles. The number of pyridine rings is 1. The molecular formula is C32H41F3N4O3. The first-order valence-corrected chi connectivity index (χ1v) is 15.2. The largest absolute Gasteiger partial charge is 0.417 e. The number of rotatable bonds is 8. The fourth-order valence-electron chi connectivity index (χ4n) is 7.76. The van der Waals surface area contributed by atoms with E-state index in [2.05, 4.69) is 39.5 Å². The molecule has 7 nitrogen and oxygen atoms in total. The molecule has 1 aromatic carbocycles. The third-order valence-electron chi connectivity index (χ3n) is 9.86. The molecule has 3 aliphatic heterocycles. The lowest BCUT2D eigenvalue weighted by atomic mass is 9.78. The summed E-state index contributed by atoms with van der Waals surface area (Å²) in [7, 11) is 1.71. The lowest BCUT2D eigenvalue weighted by Crippen LogP contribution is -2.52. The Balaban J connectivity index is 1.18. The van der Waals surface area contributed by atoms with Gasteiger partial charge in [0.1, 0.15) is 0 Å². The number of halogens is 3. The summed E-state index contributed by atoms with van der Waals surface area (Å²) in [5.74, 6) is 0.279. The zero-order valence-corrected chi connectivity index (χ0v) is 24.2. The Morgan fingerprint density at radius 1 is 1.26 bits per heavy atom. The number of carbonyl (C=O) groups is 1. The number of nitrogens with zero attached hydrogens (tertiary/aromatic N) is 3. The highest BCUT2D eigenvalue weighted by Gasteiger charge is 2.58. The third-order valence-corrected chi connectivity index (χ3v) is 9.86. The van der Waals surface area contributed by atoms with E-state index in [0.29, 0.717) is 44.0 Å². The fraction of sp³-hybridized carbons (Fsp3) is 0.625. The molecule has 3 fully saturated rings. The van der Waals surface area contributed by atoms with E-state index in [1.165, 1.54) is 11.6 Å². The number of amides is 1. The van der Waals surface area contributed by atoms with E-state index in [1.54, 1.807) is 12.0 Å². The summed E-state index contributed by atoms with van der Waals surface area (Å²) in [6.07, 6.45) is 1.40. The van der Waals surface area contributed by atoms with Crippen LogP contribution < -0.4 is 5.32 Å². The quantitative estimate of drug-likeness (QED) is 0.503. The van der Waals surface area contributed by atoms with Crippen LogP contribution in [0.15, 0.2) is 42.6 Å². The number of hydrogen-bond donors (Lipinski definition) is 1. The summed E-state index contributed by atoms with van der Waals surface area (Å²) >= 11 is 0.